The van der Waals surface area contributed by atoms with Crippen LogP contribution in [0.3, 0.4) is 0 Å². The molecule has 1 aliphatic heterocycles. The van der Waals surface area contributed by atoms with Crippen LogP contribution in [0.15, 0.2) is 53.7 Å². The number of benzene rings is 1. The van der Waals surface area contributed by atoms with Crippen LogP contribution in [0.4, 0.5) is 15.6 Å². The Bertz CT molecular complexity index is 1750. The van der Waals surface area contributed by atoms with Crippen molar-refractivity contribution in [2.45, 2.75) is 23.8 Å². The number of nitrogens with one attached hydrogen (secondary N) is 1. The van der Waals surface area contributed by atoms with Gasteiger partial charge in [0.1, 0.15) is 6.07 Å². The molecule has 2 atom stereocenters. The molecule has 2 amide bonds. The minimum atomic E-state index is -3.87. The number of fused-ring (bicyclic) bond motifs is 2. The first-order valence-electron chi connectivity index (χ1n) is 12.6. The SMILES string of the molecule is CN(c1c(C#N)cnc2c1ccn2S(=O)(=O)c1ccccc1)C1CC2CN(C(=O)Nc3nc(C=O)ns3)CC2C1. The fourth-order valence-corrected chi connectivity index (χ4v) is 7.70. The van der Waals surface area contributed by atoms with Crippen LogP contribution < -0.4 is 10.2 Å². The first-order chi connectivity index (χ1) is 19.3. The molecule has 2 fully saturated rings. The lowest BCUT2D eigenvalue weighted by atomic mass is 10.0. The zero-order chi connectivity index (χ0) is 28.0. The van der Waals surface area contributed by atoms with Crippen LogP contribution in [-0.4, -0.2) is 70.1 Å². The number of carbonyl (C=O) groups is 2. The standard InChI is InChI=1S/C26H24N8O4S2/c1-32(19-9-16-13-33(14-17(16)10-19)26(36)30-25-29-22(15-35)31-39-25)23-18(11-27)12-28-24-21(23)7-8-34(24)40(37,38)20-5-3-2-4-6-20/h2-8,12,15-17,19H,9-10,13-14H2,1H3,(H,29,30,31,36). The summed E-state index contributed by atoms with van der Waals surface area (Å²) < 4.78 is 31.7. The minimum absolute atomic E-state index is 0.0411. The van der Waals surface area contributed by atoms with Gasteiger partial charge in [0.25, 0.3) is 10.0 Å². The predicted octanol–water partition coefficient (Wildman–Crippen LogP) is 3.19. The number of likely N-dealkylation sites (tertiary alicyclic amines) is 1. The van der Waals surface area contributed by atoms with Gasteiger partial charge in [0.15, 0.2) is 11.9 Å². The molecule has 1 saturated carbocycles. The summed E-state index contributed by atoms with van der Waals surface area (Å²) in [5.74, 6) is 0.604. The molecule has 0 spiro atoms. The molecule has 2 unspecified atom stereocenters. The van der Waals surface area contributed by atoms with Crippen molar-refractivity contribution in [1.29, 1.82) is 5.26 Å². The van der Waals surface area contributed by atoms with Crippen LogP contribution in [0.2, 0.25) is 0 Å². The number of amides is 2. The molecule has 2 aliphatic rings. The van der Waals surface area contributed by atoms with Crippen LogP contribution in [0.5, 0.6) is 0 Å². The van der Waals surface area contributed by atoms with Crippen molar-refractivity contribution in [3.63, 3.8) is 0 Å². The monoisotopic (exact) mass is 576 g/mol. The second kappa shape index (κ2) is 10.00. The normalized spacial score (nSPS) is 20.3. The number of hydrogen-bond acceptors (Lipinski definition) is 10. The molecule has 0 radical (unpaired) electrons. The van der Waals surface area contributed by atoms with E-state index in [-0.39, 0.29) is 45.4 Å². The zero-order valence-corrected chi connectivity index (χ0v) is 23.0. The number of nitriles is 1. The highest BCUT2D eigenvalue weighted by Gasteiger charge is 2.44. The Kier molecular flexibility index (Phi) is 6.47. The molecule has 1 aliphatic carbocycles. The highest BCUT2D eigenvalue weighted by Crippen LogP contribution is 2.43. The van der Waals surface area contributed by atoms with Gasteiger partial charge >= 0.3 is 6.03 Å². The van der Waals surface area contributed by atoms with Crippen molar-refractivity contribution >= 4 is 55.7 Å². The fourth-order valence-electron chi connectivity index (χ4n) is 5.85. The molecule has 4 heterocycles. The highest BCUT2D eigenvalue weighted by atomic mass is 32.2. The molecule has 1 aromatic carbocycles. The van der Waals surface area contributed by atoms with Crippen molar-refractivity contribution in [2.75, 3.05) is 30.4 Å². The van der Waals surface area contributed by atoms with Gasteiger partial charge in [-0.15, -0.1) is 0 Å². The third kappa shape index (κ3) is 4.37. The summed E-state index contributed by atoms with van der Waals surface area (Å²) >= 11 is 0.962. The third-order valence-corrected chi connectivity index (χ3v) is 10.1. The fraction of sp³-hybridized carbons (Fsp3) is 0.308. The lowest BCUT2D eigenvalue weighted by molar-refractivity contribution is 0.111. The van der Waals surface area contributed by atoms with E-state index in [0.29, 0.717) is 36.0 Å². The maximum absolute atomic E-state index is 13.3. The first kappa shape index (κ1) is 25.9. The predicted molar refractivity (Wildman–Crippen MR) is 148 cm³/mol. The van der Waals surface area contributed by atoms with E-state index >= 15 is 0 Å². The summed E-state index contributed by atoms with van der Waals surface area (Å²) in [6.45, 7) is 1.17. The zero-order valence-electron chi connectivity index (χ0n) is 21.3. The summed E-state index contributed by atoms with van der Waals surface area (Å²) in [7, 11) is -1.94. The van der Waals surface area contributed by atoms with Crippen LogP contribution in [0.25, 0.3) is 11.0 Å². The van der Waals surface area contributed by atoms with Gasteiger partial charge in [-0.1, -0.05) is 18.2 Å². The molecule has 0 bridgehead atoms. The largest absolute Gasteiger partial charge is 0.370 e. The van der Waals surface area contributed by atoms with E-state index in [9.17, 15) is 23.3 Å². The van der Waals surface area contributed by atoms with Crippen LogP contribution >= 0.6 is 11.5 Å². The molecule has 40 heavy (non-hydrogen) atoms. The van der Waals surface area contributed by atoms with Gasteiger partial charge in [0.2, 0.25) is 11.0 Å². The summed E-state index contributed by atoms with van der Waals surface area (Å²) in [4.78, 5) is 35.9. The van der Waals surface area contributed by atoms with E-state index in [1.54, 1.807) is 29.2 Å². The van der Waals surface area contributed by atoms with Gasteiger partial charge in [0, 0.05) is 55.5 Å². The average molecular weight is 577 g/mol. The molecular weight excluding hydrogens is 552 g/mol. The molecule has 12 nitrogen and oxygen atoms in total. The Labute approximate surface area is 234 Å². The molecule has 204 valence electrons. The second-order valence-corrected chi connectivity index (χ2v) is 12.5. The molecule has 1 saturated heterocycles. The van der Waals surface area contributed by atoms with Crippen LogP contribution in [0, 0.1) is 23.2 Å². The van der Waals surface area contributed by atoms with E-state index in [1.165, 1.54) is 24.5 Å². The average Bonchev–Trinajstić information content (AvgIpc) is 3.75. The minimum Gasteiger partial charge on any atom is -0.370 e. The molecule has 14 heteroatoms. The van der Waals surface area contributed by atoms with E-state index in [2.05, 4.69) is 30.6 Å². The van der Waals surface area contributed by atoms with Crippen LogP contribution in [-0.2, 0) is 10.0 Å². The van der Waals surface area contributed by atoms with Gasteiger partial charge in [0.05, 0.1) is 16.1 Å². The quantitative estimate of drug-likeness (QED) is 0.341. The van der Waals surface area contributed by atoms with E-state index in [0.717, 1.165) is 28.3 Å². The number of hydrogen-bond donors (Lipinski definition) is 1. The summed E-state index contributed by atoms with van der Waals surface area (Å²) in [5, 5.41) is 13.5. The Morgan fingerprint density at radius 2 is 1.93 bits per heavy atom. The lowest BCUT2D eigenvalue weighted by Gasteiger charge is -2.29. The number of nitrogens with zero attached hydrogens (tertiary/aromatic N) is 7. The number of rotatable bonds is 6. The number of anilines is 2. The summed E-state index contributed by atoms with van der Waals surface area (Å²) in [6, 6.07) is 11.9. The van der Waals surface area contributed by atoms with E-state index in [1.807, 2.05) is 7.05 Å². The van der Waals surface area contributed by atoms with Gasteiger partial charge in [-0.2, -0.15) is 14.6 Å². The number of pyridine rings is 1. The molecule has 1 N–H and O–H groups in total. The van der Waals surface area contributed by atoms with Gasteiger partial charge in [-0.3, -0.25) is 10.1 Å². The highest BCUT2D eigenvalue weighted by molar-refractivity contribution is 7.90. The molecule has 3 aromatic heterocycles. The van der Waals surface area contributed by atoms with E-state index < -0.39 is 10.0 Å². The maximum Gasteiger partial charge on any atom is 0.323 e. The number of aldehydes is 1. The molecule has 4 aromatic rings. The van der Waals surface area contributed by atoms with Crippen molar-refractivity contribution in [2.24, 2.45) is 11.8 Å². The Hall–Kier alpha value is -4.35. The number of carbonyl (C=O) groups excluding carboxylic acids is 2. The summed E-state index contributed by atoms with van der Waals surface area (Å²) in [6.07, 6.45) is 5.08. The Morgan fingerprint density at radius 1 is 1.20 bits per heavy atom. The first-order valence-corrected chi connectivity index (χ1v) is 14.8. The van der Waals surface area contributed by atoms with Gasteiger partial charge < -0.3 is 9.80 Å². The van der Waals surface area contributed by atoms with Crippen LogP contribution in [0.1, 0.15) is 29.0 Å². The topological polar surface area (TPSA) is 154 Å². The van der Waals surface area contributed by atoms with Gasteiger partial charge in [-0.25, -0.2) is 22.2 Å². The second-order valence-electron chi connectivity index (χ2n) is 9.97. The number of urea groups is 1. The van der Waals surface area contributed by atoms with Crippen molar-refractivity contribution in [3.05, 3.63) is 60.2 Å². The van der Waals surface area contributed by atoms with Crippen molar-refractivity contribution < 1.29 is 18.0 Å². The Balaban J connectivity index is 1.21. The maximum atomic E-state index is 13.3. The molecule has 6 rings (SSSR count). The smallest absolute Gasteiger partial charge is 0.323 e. The lowest BCUT2D eigenvalue weighted by Crippen LogP contribution is -2.36. The van der Waals surface area contributed by atoms with Crippen molar-refractivity contribution in [3.8, 4) is 6.07 Å². The Morgan fingerprint density at radius 3 is 2.58 bits per heavy atom. The third-order valence-electron chi connectivity index (χ3n) is 7.75. The van der Waals surface area contributed by atoms with E-state index in [4.69, 9.17) is 0 Å². The van der Waals surface area contributed by atoms with Crippen molar-refractivity contribution in [1.82, 2.24) is 23.2 Å². The summed E-state index contributed by atoms with van der Waals surface area (Å²) in [5.41, 5.74) is 1.28. The number of aromatic nitrogens is 4. The van der Waals surface area contributed by atoms with Gasteiger partial charge in [-0.05, 0) is 42.9 Å². The molecular formula is C26H24N8O4S2.